The number of likely N-dealkylation sites (tertiary alicyclic amines) is 1. The lowest BCUT2D eigenvalue weighted by Gasteiger charge is -2.38. The highest BCUT2D eigenvalue weighted by molar-refractivity contribution is 5.88. The molecule has 3 heterocycles. The van der Waals surface area contributed by atoms with Crippen molar-refractivity contribution < 1.29 is 13.6 Å². The van der Waals surface area contributed by atoms with Crippen LogP contribution in [0.3, 0.4) is 0 Å². The Morgan fingerprint density at radius 3 is 2.68 bits per heavy atom. The number of carbonyl (C=O) groups excluding carboxylic acids is 1. The van der Waals surface area contributed by atoms with E-state index in [1.807, 2.05) is 17.2 Å². The summed E-state index contributed by atoms with van der Waals surface area (Å²) in [5, 5.41) is 4.41. The van der Waals surface area contributed by atoms with Crippen LogP contribution in [0.15, 0.2) is 31.2 Å². The van der Waals surface area contributed by atoms with Crippen LogP contribution in [0.1, 0.15) is 40.0 Å². The second-order valence-electron chi connectivity index (χ2n) is 8.19. The first-order valence-electron chi connectivity index (χ1n) is 9.50. The van der Waals surface area contributed by atoms with Gasteiger partial charge in [-0.1, -0.05) is 20.4 Å². The van der Waals surface area contributed by atoms with Crippen LogP contribution in [0.4, 0.5) is 14.6 Å². The monoisotopic (exact) mass is 391 g/mol. The number of fused-ring (bicyclic) bond motifs is 1. The molecule has 4 rings (SSSR count). The normalized spacial score (nSPS) is 24.8. The van der Waals surface area contributed by atoms with E-state index in [0.29, 0.717) is 6.54 Å². The number of rotatable bonds is 3. The second-order valence-corrected chi connectivity index (χ2v) is 8.19. The molecule has 0 radical (unpaired) electrons. The van der Waals surface area contributed by atoms with Gasteiger partial charge in [-0.3, -0.25) is 4.79 Å². The summed E-state index contributed by atoms with van der Waals surface area (Å²) in [7, 11) is 0. The molecule has 152 valence electrons. The van der Waals surface area contributed by atoms with Crippen LogP contribution in [0, 0.1) is 5.41 Å². The fourth-order valence-corrected chi connectivity index (χ4v) is 3.34. The SMILES string of the molecule is C=CC(=O)N1CC(Nc2ncnc3[nH]ccc23)CCC1C.CC1(C)CC1(F)F. The Hall–Kier alpha value is -2.51. The smallest absolute Gasteiger partial charge is 0.254 e. The summed E-state index contributed by atoms with van der Waals surface area (Å²) in [5.74, 6) is -1.55. The fraction of sp³-hybridized carbons (Fsp3) is 0.550. The van der Waals surface area contributed by atoms with Gasteiger partial charge in [-0.2, -0.15) is 0 Å². The predicted octanol–water partition coefficient (Wildman–Crippen LogP) is 3.99. The van der Waals surface area contributed by atoms with Crippen LogP contribution >= 0.6 is 0 Å². The maximum Gasteiger partial charge on any atom is 0.254 e. The summed E-state index contributed by atoms with van der Waals surface area (Å²) in [6, 6.07) is 2.40. The number of piperidine rings is 1. The molecule has 1 saturated carbocycles. The van der Waals surface area contributed by atoms with E-state index in [2.05, 4.69) is 33.8 Å². The Balaban J connectivity index is 0.000000271. The molecule has 2 fully saturated rings. The van der Waals surface area contributed by atoms with Crippen molar-refractivity contribution in [2.45, 2.75) is 58.0 Å². The molecule has 6 nitrogen and oxygen atoms in total. The van der Waals surface area contributed by atoms with E-state index in [1.165, 1.54) is 6.08 Å². The zero-order chi connectivity index (χ0) is 20.5. The number of anilines is 1. The summed E-state index contributed by atoms with van der Waals surface area (Å²) >= 11 is 0. The van der Waals surface area contributed by atoms with Crippen molar-refractivity contribution in [3.63, 3.8) is 0 Å². The molecule has 1 aliphatic heterocycles. The van der Waals surface area contributed by atoms with Crippen LogP contribution in [0.2, 0.25) is 0 Å². The Bertz CT molecular complexity index is 851. The number of carbonyl (C=O) groups is 1. The van der Waals surface area contributed by atoms with Gasteiger partial charge < -0.3 is 15.2 Å². The van der Waals surface area contributed by atoms with Crippen molar-refractivity contribution in [2.24, 2.45) is 5.41 Å². The summed E-state index contributed by atoms with van der Waals surface area (Å²) < 4.78 is 23.8. The summed E-state index contributed by atoms with van der Waals surface area (Å²) in [6.07, 6.45) is 6.82. The van der Waals surface area contributed by atoms with Gasteiger partial charge >= 0.3 is 0 Å². The van der Waals surface area contributed by atoms with Gasteiger partial charge in [0, 0.05) is 36.7 Å². The number of alkyl halides is 2. The van der Waals surface area contributed by atoms with Crippen molar-refractivity contribution >= 4 is 22.8 Å². The maximum absolute atomic E-state index is 11.9. The number of amides is 1. The molecule has 2 aromatic rings. The van der Waals surface area contributed by atoms with E-state index >= 15 is 0 Å². The van der Waals surface area contributed by atoms with E-state index in [1.54, 1.807) is 20.2 Å². The predicted molar refractivity (Wildman–Crippen MR) is 105 cm³/mol. The zero-order valence-corrected chi connectivity index (χ0v) is 16.5. The van der Waals surface area contributed by atoms with Gasteiger partial charge in [0.15, 0.2) is 0 Å². The van der Waals surface area contributed by atoms with E-state index in [0.717, 1.165) is 29.7 Å². The number of aromatic amines is 1. The van der Waals surface area contributed by atoms with Crippen molar-refractivity contribution in [3.05, 3.63) is 31.2 Å². The molecule has 2 aromatic heterocycles. The molecule has 2 unspecified atom stereocenters. The molecule has 0 bridgehead atoms. The van der Waals surface area contributed by atoms with Crippen LogP contribution in [0.25, 0.3) is 11.0 Å². The highest BCUT2D eigenvalue weighted by Crippen LogP contribution is 2.59. The minimum Gasteiger partial charge on any atom is -0.365 e. The van der Waals surface area contributed by atoms with Crippen LogP contribution in [0.5, 0.6) is 0 Å². The van der Waals surface area contributed by atoms with Gasteiger partial charge in [-0.05, 0) is 31.9 Å². The lowest BCUT2D eigenvalue weighted by molar-refractivity contribution is -0.129. The molecule has 0 aromatic carbocycles. The van der Waals surface area contributed by atoms with Crippen molar-refractivity contribution in [1.82, 2.24) is 19.9 Å². The number of hydrogen-bond donors (Lipinski definition) is 2. The van der Waals surface area contributed by atoms with Crippen molar-refractivity contribution in [1.29, 1.82) is 0 Å². The molecule has 2 atom stereocenters. The average Bonchev–Trinajstić information content (AvgIpc) is 2.99. The highest BCUT2D eigenvalue weighted by Gasteiger charge is 2.64. The molecule has 28 heavy (non-hydrogen) atoms. The lowest BCUT2D eigenvalue weighted by atomic mass is 9.99. The Kier molecular flexibility index (Phi) is 5.41. The minimum absolute atomic E-state index is 0.0107. The first-order chi connectivity index (χ1) is 13.1. The number of hydrogen-bond acceptors (Lipinski definition) is 4. The van der Waals surface area contributed by atoms with Gasteiger partial charge in [0.05, 0.1) is 5.39 Å². The molecule has 1 amide bonds. The van der Waals surface area contributed by atoms with Crippen LogP contribution < -0.4 is 5.32 Å². The molecular formula is C20H27F2N5O. The van der Waals surface area contributed by atoms with E-state index < -0.39 is 11.3 Å². The fourth-order valence-electron chi connectivity index (χ4n) is 3.34. The first kappa shape index (κ1) is 20.2. The third-order valence-corrected chi connectivity index (χ3v) is 5.56. The number of halogens is 2. The maximum atomic E-state index is 11.9. The Morgan fingerprint density at radius 2 is 2.07 bits per heavy atom. The molecular weight excluding hydrogens is 364 g/mol. The van der Waals surface area contributed by atoms with Gasteiger partial charge in [-0.15, -0.1) is 0 Å². The molecule has 2 aliphatic rings. The zero-order valence-electron chi connectivity index (χ0n) is 16.5. The number of aromatic nitrogens is 3. The van der Waals surface area contributed by atoms with E-state index in [4.69, 9.17) is 0 Å². The van der Waals surface area contributed by atoms with E-state index in [9.17, 15) is 13.6 Å². The Labute approximate surface area is 163 Å². The van der Waals surface area contributed by atoms with Gasteiger partial charge in [-0.25, -0.2) is 18.7 Å². The third-order valence-electron chi connectivity index (χ3n) is 5.56. The van der Waals surface area contributed by atoms with Crippen LogP contribution in [-0.4, -0.2) is 50.3 Å². The van der Waals surface area contributed by atoms with Gasteiger partial charge in [0.1, 0.15) is 17.8 Å². The average molecular weight is 391 g/mol. The summed E-state index contributed by atoms with van der Waals surface area (Å²) in [5.41, 5.74) is 0.128. The second kappa shape index (κ2) is 7.48. The number of nitrogens with one attached hydrogen (secondary N) is 2. The van der Waals surface area contributed by atoms with Gasteiger partial charge in [0.2, 0.25) is 5.91 Å². The standard InChI is InChI=1S/C15H19N5O.C5H8F2/c1-3-13(21)20-8-11(5-4-10(20)2)19-15-12-6-7-16-14(12)17-9-18-15;1-4(2)3-5(4,6)7/h3,6-7,9-11H,1,4-5,8H2,2H3,(H2,16,17,18,19);3H2,1-2H3. The highest BCUT2D eigenvalue weighted by atomic mass is 19.3. The largest absolute Gasteiger partial charge is 0.365 e. The quantitative estimate of drug-likeness (QED) is 0.776. The minimum atomic E-state index is -2.35. The van der Waals surface area contributed by atoms with Crippen LogP contribution in [-0.2, 0) is 4.79 Å². The topological polar surface area (TPSA) is 73.9 Å². The number of H-pyrrole nitrogens is 1. The van der Waals surface area contributed by atoms with Crippen molar-refractivity contribution in [2.75, 3.05) is 11.9 Å². The van der Waals surface area contributed by atoms with E-state index in [-0.39, 0.29) is 24.4 Å². The number of nitrogens with zero attached hydrogens (tertiary/aromatic N) is 3. The molecule has 1 aliphatic carbocycles. The summed E-state index contributed by atoms with van der Waals surface area (Å²) in [6.45, 7) is 9.47. The lowest BCUT2D eigenvalue weighted by Crippen LogP contribution is -2.49. The van der Waals surface area contributed by atoms with Gasteiger partial charge in [0.25, 0.3) is 5.92 Å². The molecule has 8 heteroatoms. The molecule has 2 N–H and O–H groups in total. The Morgan fingerprint density at radius 1 is 1.39 bits per heavy atom. The molecule has 0 spiro atoms. The summed E-state index contributed by atoms with van der Waals surface area (Å²) in [4.78, 5) is 25.3. The first-order valence-corrected chi connectivity index (χ1v) is 9.50. The van der Waals surface area contributed by atoms with Crippen molar-refractivity contribution in [3.8, 4) is 0 Å². The third kappa shape index (κ3) is 4.15. The molecule has 1 saturated heterocycles.